The number of ketones is 1. The van der Waals surface area contributed by atoms with Crippen molar-refractivity contribution in [1.29, 1.82) is 0 Å². The van der Waals surface area contributed by atoms with Crippen LogP contribution in [0.3, 0.4) is 0 Å². The maximum atomic E-state index is 13.1. The van der Waals surface area contributed by atoms with Gasteiger partial charge in [0.1, 0.15) is 0 Å². The van der Waals surface area contributed by atoms with Crippen LogP contribution in [0.4, 0.5) is 5.69 Å². The lowest BCUT2D eigenvalue weighted by Crippen LogP contribution is -2.04. The number of carbonyl (C=O) groups excluding carboxylic acids is 1. The molecule has 2 heteroatoms. The fourth-order valence-corrected chi connectivity index (χ4v) is 3.14. The molecule has 0 fully saturated rings. The first kappa shape index (κ1) is 16.8. The summed E-state index contributed by atoms with van der Waals surface area (Å²) in [5.41, 5.74) is 3.39. The first-order valence-corrected chi connectivity index (χ1v) is 8.92. The van der Waals surface area contributed by atoms with E-state index in [1.165, 1.54) is 0 Å². The molecule has 0 aromatic heterocycles. The topological polar surface area (TPSA) is 29.1 Å². The van der Waals surface area contributed by atoms with Gasteiger partial charge in [-0.25, -0.2) is 0 Å². The normalized spacial score (nSPS) is 11.3. The summed E-state index contributed by atoms with van der Waals surface area (Å²) in [7, 11) is 0. The number of carbonyl (C=O) groups is 1. The summed E-state index contributed by atoms with van der Waals surface area (Å²) in [6.07, 6.45) is 1.68. The molecule has 4 aromatic rings. The first-order chi connectivity index (χ1) is 13.3. The molecule has 0 saturated carbocycles. The third-order valence-corrected chi connectivity index (χ3v) is 4.47. The largest absolute Gasteiger partial charge is 0.355 e. The van der Waals surface area contributed by atoms with Crippen LogP contribution >= 0.6 is 0 Å². The average Bonchev–Trinajstić information content (AvgIpc) is 2.74. The number of hydrogen-bond donors (Lipinski definition) is 1. The number of hydrogen-bond acceptors (Lipinski definition) is 2. The molecule has 0 bridgehead atoms. The maximum Gasteiger partial charge on any atom is 0.188 e. The average molecular weight is 349 g/mol. The lowest BCUT2D eigenvalue weighted by Gasteiger charge is -2.12. The second kappa shape index (κ2) is 7.71. The minimum absolute atomic E-state index is 0.0194. The molecular weight excluding hydrogens is 330 g/mol. The van der Waals surface area contributed by atoms with Crippen molar-refractivity contribution in [3.05, 3.63) is 120 Å². The zero-order valence-corrected chi connectivity index (χ0v) is 14.8. The molecule has 0 unspecified atom stereocenters. The van der Waals surface area contributed by atoms with Gasteiger partial charge in [0, 0.05) is 23.0 Å². The standard InChI is InChI=1S/C25H19NO/c27-25(23-17-9-13-19-10-7-8-16-22(19)23)18-24(20-11-3-1-4-12-20)26-21-14-5-2-6-15-21/h1-18,26H/b24-18-. The lowest BCUT2D eigenvalue weighted by atomic mass is 10.00. The van der Waals surface area contributed by atoms with E-state index in [1.807, 2.05) is 103 Å². The third kappa shape index (κ3) is 3.80. The number of para-hydroxylation sites is 1. The number of allylic oxidation sites excluding steroid dienone is 1. The summed E-state index contributed by atoms with van der Waals surface area (Å²) in [5.74, 6) is -0.0194. The van der Waals surface area contributed by atoms with E-state index in [4.69, 9.17) is 0 Å². The summed E-state index contributed by atoms with van der Waals surface area (Å²) >= 11 is 0. The molecule has 0 aliphatic heterocycles. The van der Waals surface area contributed by atoms with E-state index in [1.54, 1.807) is 6.08 Å². The van der Waals surface area contributed by atoms with Gasteiger partial charge in [0.2, 0.25) is 0 Å². The predicted octanol–water partition coefficient (Wildman–Crippen LogP) is 6.18. The van der Waals surface area contributed by atoms with Gasteiger partial charge < -0.3 is 5.32 Å². The Balaban J connectivity index is 1.77. The summed E-state index contributed by atoms with van der Waals surface area (Å²) in [4.78, 5) is 13.1. The fourth-order valence-electron chi connectivity index (χ4n) is 3.14. The van der Waals surface area contributed by atoms with Crippen LogP contribution in [0, 0.1) is 0 Å². The number of fused-ring (bicyclic) bond motifs is 1. The number of benzene rings is 4. The molecule has 0 spiro atoms. The number of nitrogens with one attached hydrogen (secondary N) is 1. The molecule has 1 N–H and O–H groups in total. The molecule has 130 valence electrons. The lowest BCUT2D eigenvalue weighted by molar-refractivity contribution is 0.104. The maximum absolute atomic E-state index is 13.1. The fraction of sp³-hybridized carbons (Fsp3) is 0. The van der Waals surface area contributed by atoms with E-state index in [0.29, 0.717) is 5.56 Å². The van der Waals surface area contributed by atoms with Crippen LogP contribution < -0.4 is 5.32 Å². The van der Waals surface area contributed by atoms with Crippen LogP contribution in [0.15, 0.2) is 109 Å². The van der Waals surface area contributed by atoms with Gasteiger partial charge in [0.15, 0.2) is 5.78 Å². The van der Waals surface area contributed by atoms with Crippen molar-refractivity contribution in [3.8, 4) is 0 Å². The molecule has 2 nitrogen and oxygen atoms in total. The molecule has 0 aliphatic rings. The Kier molecular flexibility index (Phi) is 4.80. The summed E-state index contributed by atoms with van der Waals surface area (Å²) in [6.45, 7) is 0. The van der Waals surface area contributed by atoms with E-state index in [2.05, 4.69) is 5.32 Å². The van der Waals surface area contributed by atoms with Gasteiger partial charge in [-0.05, 0) is 28.5 Å². The highest BCUT2D eigenvalue weighted by Gasteiger charge is 2.10. The van der Waals surface area contributed by atoms with E-state index in [-0.39, 0.29) is 5.78 Å². The van der Waals surface area contributed by atoms with Crippen LogP contribution in [-0.2, 0) is 0 Å². The Hall–Kier alpha value is -3.65. The second-order valence-electron chi connectivity index (χ2n) is 6.31. The first-order valence-electron chi connectivity index (χ1n) is 8.92. The molecule has 0 saturated heterocycles. The van der Waals surface area contributed by atoms with E-state index in [0.717, 1.165) is 27.7 Å². The number of rotatable bonds is 5. The molecule has 4 rings (SSSR count). The van der Waals surface area contributed by atoms with Crippen molar-refractivity contribution in [2.24, 2.45) is 0 Å². The van der Waals surface area contributed by atoms with Gasteiger partial charge >= 0.3 is 0 Å². The molecule has 0 aliphatic carbocycles. The Bertz CT molecular complexity index is 1090. The van der Waals surface area contributed by atoms with Crippen molar-refractivity contribution in [3.63, 3.8) is 0 Å². The minimum atomic E-state index is -0.0194. The molecular formula is C25H19NO. The van der Waals surface area contributed by atoms with Gasteiger partial charge in [-0.2, -0.15) is 0 Å². The summed E-state index contributed by atoms with van der Waals surface area (Å²) < 4.78 is 0. The van der Waals surface area contributed by atoms with Crippen LogP contribution in [0.2, 0.25) is 0 Å². The minimum Gasteiger partial charge on any atom is -0.355 e. The Morgan fingerprint density at radius 3 is 2.07 bits per heavy atom. The molecule has 0 amide bonds. The SMILES string of the molecule is O=C(/C=C(\Nc1ccccc1)c1ccccc1)c1cccc2ccccc12. The van der Waals surface area contributed by atoms with Crippen LogP contribution in [0.5, 0.6) is 0 Å². The van der Waals surface area contributed by atoms with Gasteiger partial charge in [-0.15, -0.1) is 0 Å². The molecule has 27 heavy (non-hydrogen) atoms. The quantitative estimate of drug-likeness (QED) is 0.344. The zero-order valence-electron chi connectivity index (χ0n) is 14.8. The molecule has 0 radical (unpaired) electrons. The van der Waals surface area contributed by atoms with Crippen molar-refractivity contribution in [2.75, 3.05) is 5.32 Å². The van der Waals surface area contributed by atoms with Crippen molar-refractivity contribution < 1.29 is 4.79 Å². The Labute approximate surface area is 158 Å². The van der Waals surface area contributed by atoms with Crippen molar-refractivity contribution >= 4 is 27.9 Å². The molecule has 0 atom stereocenters. The smallest absolute Gasteiger partial charge is 0.188 e. The van der Waals surface area contributed by atoms with Crippen LogP contribution in [-0.4, -0.2) is 5.78 Å². The van der Waals surface area contributed by atoms with Crippen molar-refractivity contribution in [2.45, 2.75) is 0 Å². The van der Waals surface area contributed by atoms with Gasteiger partial charge in [-0.1, -0.05) is 91.0 Å². The van der Waals surface area contributed by atoms with Gasteiger partial charge in [0.05, 0.1) is 0 Å². The van der Waals surface area contributed by atoms with E-state index < -0.39 is 0 Å². The highest BCUT2D eigenvalue weighted by atomic mass is 16.1. The Morgan fingerprint density at radius 2 is 1.30 bits per heavy atom. The molecule has 4 aromatic carbocycles. The van der Waals surface area contributed by atoms with Crippen LogP contribution in [0.1, 0.15) is 15.9 Å². The highest BCUT2D eigenvalue weighted by molar-refractivity contribution is 6.16. The van der Waals surface area contributed by atoms with Gasteiger partial charge in [0.25, 0.3) is 0 Å². The number of anilines is 1. The summed E-state index contributed by atoms with van der Waals surface area (Å²) in [5, 5.41) is 5.41. The van der Waals surface area contributed by atoms with Crippen molar-refractivity contribution in [1.82, 2.24) is 0 Å². The third-order valence-electron chi connectivity index (χ3n) is 4.47. The predicted molar refractivity (Wildman–Crippen MR) is 113 cm³/mol. The second-order valence-corrected chi connectivity index (χ2v) is 6.31. The van der Waals surface area contributed by atoms with Crippen LogP contribution in [0.25, 0.3) is 16.5 Å². The Morgan fingerprint density at radius 1 is 0.667 bits per heavy atom. The highest BCUT2D eigenvalue weighted by Crippen LogP contribution is 2.23. The zero-order chi connectivity index (χ0) is 18.5. The summed E-state index contributed by atoms with van der Waals surface area (Å²) in [6, 6.07) is 33.6. The molecule has 0 heterocycles. The van der Waals surface area contributed by atoms with E-state index in [9.17, 15) is 4.79 Å². The van der Waals surface area contributed by atoms with E-state index >= 15 is 0 Å². The monoisotopic (exact) mass is 349 g/mol. The van der Waals surface area contributed by atoms with Gasteiger partial charge in [-0.3, -0.25) is 4.79 Å².